The first-order valence-corrected chi connectivity index (χ1v) is 10.1. The zero-order chi connectivity index (χ0) is 21.6. The van der Waals surface area contributed by atoms with Crippen molar-refractivity contribution in [1.29, 1.82) is 0 Å². The van der Waals surface area contributed by atoms with E-state index in [2.05, 4.69) is 42.6 Å². The Balaban J connectivity index is 1.89. The van der Waals surface area contributed by atoms with Crippen molar-refractivity contribution in [2.75, 3.05) is 7.11 Å². The molecule has 0 aliphatic heterocycles. The summed E-state index contributed by atoms with van der Waals surface area (Å²) in [4.78, 5) is 13.4. The smallest absolute Gasteiger partial charge is 0.281 e. The average Bonchev–Trinajstić information content (AvgIpc) is 2.98. The van der Waals surface area contributed by atoms with Crippen LogP contribution in [0.1, 0.15) is 37.7 Å². The average molecular weight is 402 g/mol. The highest BCUT2D eigenvalue weighted by atomic mass is 16.5. The molecule has 0 aliphatic carbocycles. The van der Waals surface area contributed by atoms with E-state index in [9.17, 15) is 4.79 Å². The molecule has 0 aliphatic rings. The van der Waals surface area contributed by atoms with Crippen LogP contribution in [0.25, 0.3) is 22.1 Å². The Morgan fingerprint density at radius 1 is 0.933 bits per heavy atom. The van der Waals surface area contributed by atoms with E-state index in [-0.39, 0.29) is 11.0 Å². The SMILES string of the molecule is COc1cccc(-n2c(C)c3cnn(-c4ccc(C(C)(C)C)cc4)c(=O)c3c2C)c1. The van der Waals surface area contributed by atoms with Crippen LogP contribution in [0.2, 0.25) is 0 Å². The van der Waals surface area contributed by atoms with E-state index in [4.69, 9.17) is 4.74 Å². The van der Waals surface area contributed by atoms with Gasteiger partial charge in [-0.25, -0.2) is 0 Å². The molecule has 4 rings (SSSR count). The summed E-state index contributed by atoms with van der Waals surface area (Å²) >= 11 is 0. The minimum Gasteiger partial charge on any atom is -0.497 e. The van der Waals surface area contributed by atoms with Crippen LogP contribution in [0.5, 0.6) is 5.75 Å². The zero-order valence-corrected chi connectivity index (χ0v) is 18.4. The van der Waals surface area contributed by atoms with Crippen molar-refractivity contribution < 1.29 is 4.74 Å². The number of benzene rings is 2. The van der Waals surface area contributed by atoms with Crippen LogP contribution in [0.4, 0.5) is 0 Å². The summed E-state index contributed by atoms with van der Waals surface area (Å²) in [7, 11) is 1.65. The van der Waals surface area contributed by atoms with Gasteiger partial charge in [0.05, 0.1) is 24.4 Å². The van der Waals surface area contributed by atoms with Gasteiger partial charge in [0.2, 0.25) is 0 Å². The van der Waals surface area contributed by atoms with Crippen LogP contribution in [0.15, 0.2) is 59.5 Å². The van der Waals surface area contributed by atoms with Crippen LogP contribution in [-0.2, 0) is 5.41 Å². The number of aromatic nitrogens is 3. The molecule has 154 valence electrons. The molecule has 2 aromatic carbocycles. The van der Waals surface area contributed by atoms with Crippen molar-refractivity contribution in [1.82, 2.24) is 14.3 Å². The molecule has 5 heteroatoms. The van der Waals surface area contributed by atoms with Gasteiger partial charge in [-0.1, -0.05) is 39.0 Å². The van der Waals surface area contributed by atoms with E-state index in [1.54, 1.807) is 13.3 Å². The maximum atomic E-state index is 13.4. The van der Waals surface area contributed by atoms with Crippen LogP contribution < -0.4 is 10.3 Å². The third kappa shape index (κ3) is 3.20. The Bertz CT molecular complexity index is 1290. The fourth-order valence-electron chi connectivity index (χ4n) is 3.98. The Kier molecular flexibility index (Phi) is 4.77. The van der Waals surface area contributed by atoms with Crippen LogP contribution >= 0.6 is 0 Å². The second kappa shape index (κ2) is 7.17. The maximum absolute atomic E-state index is 13.4. The Morgan fingerprint density at radius 2 is 1.63 bits per heavy atom. The molecule has 0 saturated carbocycles. The molecule has 0 unspecified atom stereocenters. The van der Waals surface area contributed by atoms with Crippen molar-refractivity contribution in [3.05, 3.63) is 82.0 Å². The number of hydrogen-bond donors (Lipinski definition) is 0. The highest BCUT2D eigenvalue weighted by Gasteiger charge is 2.19. The highest BCUT2D eigenvalue weighted by molar-refractivity contribution is 5.88. The summed E-state index contributed by atoms with van der Waals surface area (Å²) in [5.74, 6) is 0.776. The number of hydrogen-bond acceptors (Lipinski definition) is 3. The molecule has 0 atom stereocenters. The summed E-state index contributed by atoms with van der Waals surface area (Å²) in [6.07, 6.45) is 1.79. The minimum absolute atomic E-state index is 0.0581. The highest BCUT2D eigenvalue weighted by Crippen LogP contribution is 2.28. The minimum atomic E-state index is -0.113. The third-order valence-electron chi connectivity index (χ3n) is 5.69. The standard InChI is InChI=1S/C25H27N3O2/c1-16-22-15-26-28(19-12-10-18(11-13-19)25(3,4)5)24(29)23(22)17(2)27(16)20-8-7-9-21(14-20)30-6/h7-15H,1-6H3. The van der Waals surface area contributed by atoms with Gasteiger partial charge < -0.3 is 9.30 Å². The predicted molar refractivity (Wildman–Crippen MR) is 121 cm³/mol. The maximum Gasteiger partial charge on any atom is 0.281 e. The zero-order valence-electron chi connectivity index (χ0n) is 18.4. The Labute approximate surface area is 176 Å². The lowest BCUT2D eigenvalue weighted by Crippen LogP contribution is -2.21. The Hall–Kier alpha value is -3.34. The molecule has 4 aromatic rings. The molecule has 30 heavy (non-hydrogen) atoms. The molecule has 0 fully saturated rings. The van der Waals surface area contributed by atoms with Crippen LogP contribution in [-0.4, -0.2) is 21.5 Å². The third-order valence-corrected chi connectivity index (χ3v) is 5.69. The van der Waals surface area contributed by atoms with Crippen LogP contribution in [0.3, 0.4) is 0 Å². The van der Waals surface area contributed by atoms with E-state index in [0.29, 0.717) is 5.39 Å². The van der Waals surface area contributed by atoms with Gasteiger partial charge in [0.15, 0.2) is 0 Å². The molecule has 0 spiro atoms. The molecular formula is C25H27N3O2. The molecule has 2 aromatic heterocycles. The van der Waals surface area contributed by atoms with Crippen molar-refractivity contribution >= 4 is 10.8 Å². The number of methoxy groups -OCH3 is 1. The monoisotopic (exact) mass is 401 g/mol. The molecule has 0 radical (unpaired) electrons. The first kappa shape index (κ1) is 20.0. The normalized spacial score (nSPS) is 11.8. The van der Waals surface area contributed by atoms with E-state index < -0.39 is 0 Å². The van der Waals surface area contributed by atoms with Gasteiger partial charge >= 0.3 is 0 Å². The number of rotatable bonds is 3. The fourth-order valence-corrected chi connectivity index (χ4v) is 3.98. The molecule has 0 bridgehead atoms. The van der Waals surface area contributed by atoms with Gasteiger partial charge in [-0.15, -0.1) is 0 Å². The second-order valence-electron chi connectivity index (χ2n) is 8.65. The van der Waals surface area contributed by atoms with E-state index in [0.717, 1.165) is 33.9 Å². The van der Waals surface area contributed by atoms with Gasteiger partial charge in [-0.2, -0.15) is 9.78 Å². The lowest BCUT2D eigenvalue weighted by Gasteiger charge is -2.19. The summed E-state index contributed by atoms with van der Waals surface area (Å²) in [6, 6.07) is 15.9. The van der Waals surface area contributed by atoms with Crippen molar-refractivity contribution in [2.24, 2.45) is 0 Å². The lowest BCUT2D eigenvalue weighted by molar-refractivity contribution is 0.414. The summed E-state index contributed by atoms with van der Waals surface area (Å²) in [6.45, 7) is 10.5. The Morgan fingerprint density at radius 3 is 2.27 bits per heavy atom. The van der Waals surface area contributed by atoms with E-state index in [1.165, 1.54) is 10.2 Å². The van der Waals surface area contributed by atoms with Gasteiger partial charge in [-0.3, -0.25) is 4.79 Å². The second-order valence-corrected chi connectivity index (χ2v) is 8.65. The molecule has 2 heterocycles. The molecule has 0 N–H and O–H groups in total. The van der Waals surface area contributed by atoms with Gasteiger partial charge in [-0.05, 0) is 49.1 Å². The molecule has 5 nitrogen and oxygen atoms in total. The van der Waals surface area contributed by atoms with Gasteiger partial charge in [0.1, 0.15) is 5.75 Å². The number of nitrogens with zero attached hydrogens (tertiary/aromatic N) is 3. The molecule has 0 saturated heterocycles. The molecular weight excluding hydrogens is 374 g/mol. The number of aryl methyl sites for hydroxylation is 2. The van der Waals surface area contributed by atoms with Crippen LogP contribution in [0, 0.1) is 13.8 Å². The fraction of sp³-hybridized carbons (Fsp3) is 0.280. The van der Waals surface area contributed by atoms with Gasteiger partial charge in [0, 0.05) is 28.5 Å². The van der Waals surface area contributed by atoms with Gasteiger partial charge in [0.25, 0.3) is 5.56 Å². The van der Waals surface area contributed by atoms with Crippen molar-refractivity contribution in [2.45, 2.75) is 40.0 Å². The first-order chi connectivity index (χ1) is 14.2. The molecule has 0 amide bonds. The first-order valence-electron chi connectivity index (χ1n) is 10.1. The van der Waals surface area contributed by atoms with Crippen molar-refractivity contribution in [3.8, 4) is 17.1 Å². The van der Waals surface area contributed by atoms with Crippen molar-refractivity contribution in [3.63, 3.8) is 0 Å². The number of fused-ring (bicyclic) bond motifs is 1. The topological polar surface area (TPSA) is 49.0 Å². The largest absolute Gasteiger partial charge is 0.497 e. The summed E-state index contributed by atoms with van der Waals surface area (Å²) in [5, 5.41) is 6.03. The predicted octanol–water partition coefficient (Wildman–Crippen LogP) is 5.10. The number of ether oxygens (including phenoxy) is 1. The lowest BCUT2D eigenvalue weighted by atomic mass is 9.87. The quantitative estimate of drug-likeness (QED) is 0.480. The summed E-state index contributed by atoms with van der Waals surface area (Å²) in [5.41, 5.74) is 4.76. The summed E-state index contributed by atoms with van der Waals surface area (Å²) < 4.78 is 8.94. The van der Waals surface area contributed by atoms with E-state index >= 15 is 0 Å². The van der Waals surface area contributed by atoms with E-state index in [1.807, 2.05) is 50.2 Å².